The second-order valence-electron chi connectivity index (χ2n) is 8.47. The van der Waals surface area contributed by atoms with Gasteiger partial charge in [-0.15, -0.1) is 0 Å². The topological polar surface area (TPSA) is 75.7 Å². The van der Waals surface area contributed by atoms with Gasteiger partial charge in [-0.2, -0.15) is 0 Å². The van der Waals surface area contributed by atoms with Gasteiger partial charge in [0.05, 0.1) is 33.4 Å². The average molecular weight is 402 g/mol. The van der Waals surface area contributed by atoms with Gasteiger partial charge in [-0.25, -0.2) is 0 Å². The molecule has 0 heterocycles. The van der Waals surface area contributed by atoms with Crippen molar-refractivity contribution in [3.63, 3.8) is 0 Å². The average Bonchev–Trinajstić information content (AvgIpc) is 2.70. The van der Waals surface area contributed by atoms with Gasteiger partial charge in [0.1, 0.15) is 5.75 Å². The molecular formula is C23H35NO3Si. The maximum atomic E-state index is 9.27. The highest BCUT2D eigenvalue weighted by atomic mass is 28.3. The van der Waals surface area contributed by atoms with E-state index in [0.717, 1.165) is 24.3 Å². The summed E-state index contributed by atoms with van der Waals surface area (Å²) in [5, 5.41) is 20.1. The van der Waals surface area contributed by atoms with Gasteiger partial charge < -0.3 is 20.7 Å². The summed E-state index contributed by atoms with van der Waals surface area (Å²) in [7, 11) is -1.44. The lowest BCUT2D eigenvalue weighted by Gasteiger charge is -2.25. The van der Waals surface area contributed by atoms with Crippen molar-refractivity contribution >= 4 is 13.3 Å². The molecule has 5 heteroatoms. The van der Waals surface area contributed by atoms with Crippen LogP contribution in [-0.4, -0.2) is 43.6 Å². The first-order valence-corrected chi connectivity index (χ1v) is 13.3. The largest absolute Gasteiger partial charge is 0.494 e. The van der Waals surface area contributed by atoms with Crippen LogP contribution in [-0.2, 0) is 6.42 Å². The molecule has 2 aromatic carbocycles. The SMILES string of the molecule is Cc1ccccc1[Si](C)(C)CCCOc1ccc(CCC(N)(CO)CO)cc1. The second-order valence-corrected chi connectivity index (χ2v) is 13.3. The van der Waals surface area contributed by atoms with Crippen molar-refractivity contribution in [1.29, 1.82) is 0 Å². The summed E-state index contributed by atoms with van der Waals surface area (Å²) in [6.07, 6.45) is 2.31. The summed E-state index contributed by atoms with van der Waals surface area (Å²) < 4.78 is 5.93. The molecule has 0 unspecified atom stereocenters. The zero-order valence-corrected chi connectivity index (χ0v) is 18.4. The predicted octanol–water partition coefficient (Wildman–Crippen LogP) is 2.99. The van der Waals surface area contributed by atoms with Crippen molar-refractivity contribution in [3.05, 3.63) is 59.7 Å². The van der Waals surface area contributed by atoms with Crippen molar-refractivity contribution in [1.82, 2.24) is 0 Å². The lowest BCUT2D eigenvalue weighted by molar-refractivity contribution is 0.115. The number of benzene rings is 2. The molecule has 0 bridgehead atoms. The van der Waals surface area contributed by atoms with E-state index in [1.54, 1.807) is 5.19 Å². The molecule has 28 heavy (non-hydrogen) atoms. The molecule has 2 aromatic rings. The first kappa shape index (κ1) is 22.6. The van der Waals surface area contributed by atoms with Crippen LogP contribution >= 0.6 is 0 Å². The summed E-state index contributed by atoms with van der Waals surface area (Å²) in [4.78, 5) is 0. The number of aliphatic hydroxyl groups excluding tert-OH is 2. The fourth-order valence-corrected chi connectivity index (χ4v) is 6.52. The van der Waals surface area contributed by atoms with Crippen LogP contribution in [0, 0.1) is 6.92 Å². The zero-order chi connectivity index (χ0) is 20.6. The van der Waals surface area contributed by atoms with Crippen LogP contribution in [0.5, 0.6) is 5.75 Å². The Hall–Kier alpha value is -1.66. The van der Waals surface area contributed by atoms with Gasteiger partial charge in [-0.05, 0) is 43.9 Å². The first-order valence-electron chi connectivity index (χ1n) is 10.1. The monoisotopic (exact) mass is 401 g/mol. The predicted molar refractivity (Wildman–Crippen MR) is 119 cm³/mol. The highest BCUT2D eigenvalue weighted by molar-refractivity contribution is 6.90. The Kier molecular flexibility index (Phi) is 8.25. The molecule has 0 saturated heterocycles. The van der Waals surface area contributed by atoms with E-state index in [1.165, 1.54) is 11.6 Å². The minimum Gasteiger partial charge on any atom is -0.494 e. The first-order chi connectivity index (χ1) is 13.3. The molecule has 154 valence electrons. The standard InChI is InChI=1S/C23H35NO3Si/c1-19-7-4-5-8-22(19)28(2,3)16-6-15-27-21-11-9-20(10-12-21)13-14-23(24,17-25)18-26/h4-5,7-12,25-26H,6,13-18,24H2,1-3H3. The molecule has 0 spiro atoms. The number of hydrogen-bond donors (Lipinski definition) is 3. The lowest BCUT2D eigenvalue weighted by atomic mass is 9.94. The van der Waals surface area contributed by atoms with E-state index in [9.17, 15) is 10.2 Å². The summed E-state index contributed by atoms with van der Waals surface area (Å²) in [6.45, 7) is 7.36. The van der Waals surface area contributed by atoms with E-state index in [-0.39, 0.29) is 13.2 Å². The van der Waals surface area contributed by atoms with E-state index in [0.29, 0.717) is 12.8 Å². The van der Waals surface area contributed by atoms with Crippen molar-refractivity contribution in [2.75, 3.05) is 19.8 Å². The molecule has 0 aliphatic heterocycles. The third kappa shape index (κ3) is 6.45. The van der Waals surface area contributed by atoms with E-state index in [2.05, 4.69) is 44.3 Å². The van der Waals surface area contributed by atoms with E-state index in [4.69, 9.17) is 10.5 Å². The number of hydrogen-bond acceptors (Lipinski definition) is 4. The zero-order valence-electron chi connectivity index (χ0n) is 17.4. The van der Waals surface area contributed by atoms with E-state index in [1.807, 2.05) is 24.3 Å². The van der Waals surface area contributed by atoms with E-state index >= 15 is 0 Å². The molecule has 0 atom stereocenters. The lowest BCUT2D eigenvalue weighted by Crippen LogP contribution is -2.47. The molecule has 0 radical (unpaired) electrons. The van der Waals surface area contributed by atoms with E-state index < -0.39 is 13.6 Å². The molecular weight excluding hydrogens is 366 g/mol. The van der Waals surface area contributed by atoms with Gasteiger partial charge in [-0.3, -0.25) is 0 Å². The van der Waals surface area contributed by atoms with Crippen LogP contribution in [0.3, 0.4) is 0 Å². The van der Waals surface area contributed by atoms with Crippen LogP contribution in [0.1, 0.15) is 24.0 Å². The number of aliphatic hydroxyl groups is 2. The molecule has 2 rings (SSSR count). The normalized spacial score (nSPS) is 12.2. The van der Waals surface area contributed by atoms with Crippen molar-refractivity contribution in [2.45, 2.75) is 50.9 Å². The molecule has 4 nitrogen and oxygen atoms in total. The molecule has 0 saturated carbocycles. The van der Waals surface area contributed by atoms with Crippen LogP contribution in [0.25, 0.3) is 0 Å². The number of aryl methyl sites for hydroxylation is 2. The minimum absolute atomic E-state index is 0.215. The second kappa shape index (κ2) is 10.2. The van der Waals surface area contributed by atoms with Crippen molar-refractivity contribution in [2.24, 2.45) is 5.73 Å². The van der Waals surface area contributed by atoms with Crippen molar-refractivity contribution < 1.29 is 14.9 Å². The van der Waals surface area contributed by atoms with Crippen LogP contribution in [0.2, 0.25) is 19.1 Å². The van der Waals surface area contributed by atoms with Crippen molar-refractivity contribution in [3.8, 4) is 5.75 Å². The molecule has 0 aliphatic carbocycles. The Morgan fingerprint density at radius 3 is 2.25 bits per heavy atom. The fourth-order valence-electron chi connectivity index (χ4n) is 3.52. The van der Waals surface area contributed by atoms with Crippen LogP contribution < -0.4 is 15.7 Å². The number of nitrogens with two attached hydrogens (primary N) is 1. The summed E-state index contributed by atoms with van der Waals surface area (Å²) in [5.74, 6) is 0.877. The Labute approximate surface area is 170 Å². The Balaban J connectivity index is 1.78. The van der Waals surface area contributed by atoms with Gasteiger partial charge in [0.2, 0.25) is 0 Å². The molecule has 0 fully saturated rings. The molecule has 0 aliphatic rings. The molecule has 0 aromatic heterocycles. The van der Waals surface area contributed by atoms with Gasteiger partial charge in [0, 0.05) is 0 Å². The van der Waals surface area contributed by atoms with Gasteiger partial charge >= 0.3 is 0 Å². The van der Waals surface area contributed by atoms with Gasteiger partial charge in [-0.1, -0.05) is 66.3 Å². The Morgan fingerprint density at radius 2 is 1.64 bits per heavy atom. The van der Waals surface area contributed by atoms with Crippen LogP contribution in [0.15, 0.2) is 48.5 Å². The highest BCUT2D eigenvalue weighted by Crippen LogP contribution is 2.18. The quantitative estimate of drug-likeness (QED) is 0.400. The number of rotatable bonds is 11. The smallest absolute Gasteiger partial charge is 0.119 e. The molecule has 4 N–H and O–H groups in total. The van der Waals surface area contributed by atoms with Gasteiger partial charge in [0.25, 0.3) is 0 Å². The number of ether oxygens (including phenoxy) is 1. The fraction of sp³-hybridized carbons (Fsp3) is 0.478. The minimum atomic E-state index is -1.44. The Morgan fingerprint density at radius 1 is 1.00 bits per heavy atom. The maximum absolute atomic E-state index is 9.27. The summed E-state index contributed by atoms with van der Waals surface area (Å²) >= 11 is 0. The van der Waals surface area contributed by atoms with Crippen LogP contribution in [0.4, 0.5) is 0 Å². The summed E-state index contributed by atoms with van der Waals surface area (Å²) in [5.41, 5.74) is 7.53. The Bertz CT molecular complexity index is 727. The highest BCUT2D eigenvalue weighted by Gasteiger charge is 2.24. The maximum Gasteiger partial charge on any atom is 0.119 e. The molecule has 0 amide bonds. The third-order valence-corrected chi connectivity index (χ3v) is 9.18. The van der Waals surface area contributed by atoms with Gasteiger partial charge in [0.15, 0.2) is 0 Å². The summed E-state index contributed by atoms with van der Waals surface area (Å²) in [6, 6.07) is 18.0. The third-order valence-electron chi connectivity index (χ3n) is 5.55.